The molecule has 16 heteroatoms. The molecule has 0 bridgehead atoms. The Bertz CT molecular complexity index is 3270. The second-order valence-electron chi connectivity index (χ2n) is 24.3. The molecule has 0 unspecified atom stereocenters. The number of hydrogen-bond acceptors (Lipinski definition) is 8. The van der Waals surface area contributed by atoms with Crippen molar-refractivity contribution in [3.8, 4) is 45.5 Å². The van der Waals surface area contributed by atoms with Crippen molar-refractivity contribution < 1.29 is 65.1 Å². The van der Waals surface area contributed by atoms with E-state index in [0.29, 0.717) is 61.4 Å². The Labute approximate surface area is 460 Å². The highest BCUT2D eigenvalue weighted by Gasteiger charge is 2.65. The molecule has 2 aromatic heterocycles. The first-order valence-corrected chi connectivity index (χ1v) is 27.5. The Hall–Kier alpha value is -7.10. The molecule has 10 nitrogen and oxygen atoms in total. The molecular formula is C64H64F6N2O8. The largest absolute Gasteiger partial charge is 0.486 e. The molecular weight excluding hydrogens is 1040 g/mol. The third-order valence-electron chi connectivity index (χ3n) is 18.9. The molecule has 0 saturated heterocycles. The van der Waals surface area contributed by atoms with Crippen LogP contribution in [-0.2, 0) is 46.5 Å². The molecule has 0 radical (unpaired) electrons. The fraction of sp³-hybridized carbons (Fsp3) is 0.438. The monoisotopic (exact) mass is 1100 g/mol. The SMILES string of the molecule is COc1cc(-c2ccc(COc3cc(F)c4c(c3F)[C@@]3(CC4)C[C@@H]3C(=O)O)cc2[C@@H]2CCCC2(C)C)c(F)cn1.COc1cc(-c2ccc(COc3cc(F)c4c(c3F)[C@]3(CC4)C[C@H]3C(=O)O)cc2[C@@H]2CCCC2(C)C)c(F)cn1. The number of benzene rings is 4. The Morgan fingerprint density at radius 2 is 0.950 bits per heavy atom. The van der Waals surface area contributed by atoms with Crippen LogP contribution < -0.4 is 18.9 Å². The summed E-state index contributed by atoms with van der Waals surface area (Å²) in [5.74, 6) is -6.21. The number of rotatable bonds is 14. The summed E-state index contributed by atoms with van der Waals surface area (Å²) in [7, 11) is 2.97. The van der Waals surface area contributed by atoms with Crippen molar-refractivity contribution >= 4 is 11.9 Å². The number of methoxy groups -OCH3 is 2. The number of aliphatic carboxylic acids is 2. The number of carboxylic acid groups (broad SMARTS) is 2. The molecule has 6 aliphatic carbocycles. The molecule has 4 fully saturated rings. The molecule has 6 atom stereocenters. The molecule has 6 aliphatic rings. The third kappa shape index (κ3) is 9.51. The van der Waals surface area contributed by atoms with Crippen molar-refractivity contribution in [2.45, 2.75) is 141 Å². The molecule has 420 valence electrons. The Morgan fingerprint density at radius 1 is 0.550 bits per heavy atom. The summed E-state index contributed by atoms with van der Waals surface area (Å²) < 4.78 is 114. The molecule has 2 N–H and O–H groups in total. The fourth-order valence-electron chi connectivity index (χ4n) is 14.4. The summed E-state index contributed by atoms with van der Waals surface area (Å²) in [5.41, 5.74) is 4.87. The lowest BCUT2D eigenvalue weighted by Crippen LogP contribution is -2.17. The van der Waals surface area contributed by atoms with Gasteiger partial charge < -0.3 is 29.2 Å². The van der Waals surface area contributed by atoms with Gasteiger partial charge in [-0.3, -0.25) is 9.59 Å². The second-order valence-corrected chi connectivity index (χ2v) is 24.3. The van der Waals surface area contributed by atoms with E-state index in [0.717, 1.165) is 96.4 Å². The highest BCUT2D eigenvalue weighted by molar-refractivity contribution is 5.79. The number of ether oxygens (including phenoxy) is 4. The maximum atomic E-state index is 15.7. The summed E-state index contributed by atoms with van der Waals surface area (Å²) in [6, 6.07) is 16.6. The van der Waals surface area contributed by atoms with Crippen LogP contribution in [0.2, 0.25) is 0 Å². The fourth-order valence-corrected chi connectivity index (χ4v) is 14.4. The van der Waals surface area contributed by atoms with E-state index in [1.165, 1.54) is 14.2 Å². The van der Waals surface area contributed by atoms with Crippen molar-refractivity contribution in [3.05, 3.63) is 152 Å². The van der Waals surface area contributed by atoms with Crippen molar-refractivity contribution in [1.82, 2.24) is 9.97 Å². The second kappa shape index (κ2) is 20.5. The minimum absolute atomic E-state index is 0.00366. The van der Waals surface area contributed by atoms with E-state index < -0.39 is 69.5 Å². The number of aromatic nitrogens is 2. The number of halogens is 6. The first kappa shape index (κ1) is 54.8. The highest BCUT2D eigenvalue weighted by Crippen LogP contribution is 2.65. The van der Waals surface area contributed by atoms with Gasteiger partial charge in [-0.05, 0) is 131 Å². The highest BCUT2D eigenvalue weighted by atomic mass is 19.1. The van der Waals surface area contributed by atoms with Crippen LogP contribution in [-0.4, -0.2) is 46.3 Å². The lowest BCUT2D eigenvalue weighted by atomic mass is 9.75. The molecule has 4 saturated carbocycles. The lowest BCUT2D eigenvalue weighted by molar-refractivity contribution is -0.140. The molecule has 12 rings (SSSR count). The van der Waals surface area contributed by atoms with Crippen LogP contribution in [0.25, 0.3) is 22.3 Å². The smallest absolute Gasteiger partial charge is 0.307 e. The predicted molar refractivity (Wildman–Crippen MR) is 286 cm³/mol. The summed E-state index contributed by atoms with van der Waals surface area (Å²) in [4.78, 5) is 31.2. The molecule has 2 spiro atoms. The van der Waals surface area contributed by atoms with E-state index in [9.17, 15) is 19.8 Å². The van der Waals surface area contributed by atoms with Crippen LogP contribution in [0.4, 0.5) is 26.3 Å². The average molecular weight is 1100 g/mol. The Balaban J connectivity index is 0.000000169. The first-order valence-electron chi connectivity index (χ1n) is 27.5. The van der Waals surface area contributed by atoms with E-state index in [1.807, 2.05) is 24.3 Å². The van der Waals surface area contributed by atoms with Gasteiger partial charge in [-0.1, -0.05) is 76.9 Å². The zero-order chi connectivity index (χ0) is 56.8. The molecule has 4 aromatic carbocycles. The number of carbonyl (C=O) groups is 2. The van der Waals surface area contributed by atoms with E-state index in [4.69, 9.17) is 18.9 Å². The number of carboxylic acids is 2. The van der Waals surface area contributed by atoms with Crippen LogP contribution in [0, 0.1) is 57.6 Å². The first-order chi connectivity index (χ1) is 38.1. The van der Waals surface area contributed by atoms with Gasteiger partial charge in [-0.15, -0.1) is 0 Å². The van der Waals surface area contributed by atoms with Crippen LogP contribution in [0.5, 0.6) is 23.3 Å². The molecule has 2 heterocycles. The number of hydrogen-bond donors (Lipinski definition) is 2. The van der Waals surface area contributed by atoms with Gasteiger partial charge in [0.25, 0.3) is 0 Å². The maximum absolute atomic E-state index is 15.7. The van der Waals surface area contributed by atoms with Crippen LogP contribution >= 0.6 is 0 Å². The van der Waals surface area contributed by atoms with Crippen molar-refractivity contribution in [3.63, 3.8) is 0 Å². The standard InChI is InChI=1S/2C32H32F3NO4/c2*1-31(2)9-4-5-22(31)20-11-17(6-7-18(20)21-12-27(39-3)36-15-25(21)34)16-40-26-13-24(33)19-8-10-32(28(19)29(26)35)14-23(32)30(37)38/h2*6-7,11-13,15,22-23H,4-5,8-10,14,16H2,1-3H3,(H,37,38)/t22-,23+,32-;22-,23-,32+/m00/s1. The van der Waals surface area contributed by atoms with Crippen LogP contribution in [0.15, 0.2) is 73.1 Å². The van der Waals surface area contributed by atoms with Crippen molar-refractivity contribution in [2.24, 2.45) is 22.7 Å². The van der Waals surface area contributed by atoms with Gasteiger partial charge in [0.1, 0.15) is 36.5 Å². The maximum Gasteiger partial charge on any atom is 0.307 e. The minimum atomic E-state index is -0.982. The van der Waals surface area contributed by atoms with Crippen LogP contribution in [0.1, 0.15) is 148 Å². The zero-order valence-electron chi connectivity index (χ0n) is 45.6. The van der Waals surface area contributed by atoms with E-state index in [1.54, 1.807) is 24.3 Å². The third-order valence-corrected chi connectivity index (χ3v) is 18.9. The van der Waals surface area contributed by atoms with Gasteiger partial charge in [0.05, 0.1) is 38.4 Å². The van der Waals surface area contributed by atoms with Crippen molar-refractivity contribution in [1.29, 1.82) is 0 Å². The van der Waals surface area contributed by atoms with Gasteiger partial charge in [0.15, 0.2) is 23.1 Å². The Morgan fingerprint density at radius 3 is 1.29 bits per heavy atom. The van der Waals surface area contributed by atoms with Crippen LogP contribution in [0.3, 0.4) is 0 Å². The summed E-state index contributed by atoms with van der Waals surface area (Å²) >= 11 is 0. The van der Waals surface area contributed by atoms with Gasteiger partial charge >= 0.3 is 11.9 Å². The summed E-state index contributed by atoms with van der Waals surface area (Å²) in [6.07, 6.45) is 10.5. The van der Waals surface area contributed by atoms with Gasteiger partial charge in [-0.25, -0.2) is 36.3 Å². The zero-order valence-corrected chi connectivity index (χ0v) is 45.6. The normalized spacial score (nSPS) is 24.2. The van der Waals surface area contributed by atoms with E-state index in [2.05, 4.69) is 37.7 Å². The summed E-state index contributed by atoms with van der Waals surface area (Å²) in [5, 5.41) is 19.0. The lowest BCUT2D eigenvalue weighted by Gasteiger charge is -2.30. The average Bonchev–Trinajstić information content (AvgIpc) is 4.22. The minimum Gasteiger partial charge on any atom is -0.486 e. The molecule has 6 aromatic rings. The van der Waals surface area contributed by atoms with Gasteiger partial charge in [0, 0.05) is 57.3 Å². The molecule has 80 heavy (non-hydrogen) atoms. The summed E-state index contributed by atoms with van der Waals surface area (Å²) in [6.45, 7) is 8.80. The van der Waals surface area contributed by atoms with Gasteiger partial charge in [0.2, 0.25) is 11.8 Å². The predicted octanol–water partition coefficient (Wildman–Crippen LogP) is 14.7. The van der Waals surface area contributed by atoms with E-state index in [-0.39, 0.29) is 69.6 Å². The topological polar surface area (TPSA) is 137 Å². The quantitative estimate of drug-likeness (QED) is 0.101. The number of pyridine rings is 2. The molecule has 0 amide bonds. The van der Waals surface area contributed by atoms with Gasteiger partial charge in [-0.2, -0.15) is 0 Å². The Kier molecular flexibility index (Phi) is 14.0. The molecule has 0 aliphatic heterocycles. The van der Waals surface area contributed by atoms with Crippen molar-refractivity contribution in [2.75, 3.05) is 14.2 Å². The number of fused-ring (bicyclic) bond motifs is 4. The van der Waals surface area contributed by atoms with E-state index >= 15 is 26.3 Å². The number of nitrogens with zero attached hydrogens (tertiary/aromatic N) is 2.